The van der Waals surface area contributed by atoms with Crippen LogP contribution in [0.1, 0.15) is 20.8 Å². The third kappa shape index (κ3) is 2.61. The molecule has 0 heterocycles. The number of urea groups is 1. The van der Waals surface area contributed by atoms with Crippen molar-refractivity contribution in [3.8, 4) is 0 Å². The molecule has 0 aromatic rings. The van der Waals surface area contributed by atoms with Crippen molar-refractivity contribution in [2.24, 2.45) is 0 Å². The molecule has 0 bridgehead atoms. The summed E-state index contributed by atoms with van der Waals surface area (Å²) in [5, 5.41) is 11.3. The molecule has 0 unspecified atom stereocenters. The van der Waals surface area contributed by atoms with Gasteiger partial charge in [-0.25, -0.2) is 9.59 Å². The lowest BCUT2D eigenvalue weighted by molar-refractivity contribution is -0.146. The highest BCUT2D eigenvalue weighted by molar-refractivity contribution is 5.85. The van der Waals surface area contributed by atoms with Gasteiger partial charge in [0.15, 0.2) is 0 Å². The molecule has 0 aliphatic rings. The van der Waals surface area contributed by atoms with Crippen LogP contribution in [0.2, 0.25) is 0 Å². The fourth-order valence-corrected chi connectivity index (χ4v) is 0.667. The maximum absolute atomic E-state index is 11.2. The lowest BCUT2D eigenvalue weighted by Crippen LogP contribution is -2.54. The number of hydrogen-bond donors (Lipinski definition) is 2. The summed E-state index contributed by atoms with van der Waals surface area (Å²) in [7, 11) is 1.46. The van der Waals surface area contributed by atoms with Gasteiger partial charge in [0.2, 0.25) is 0 Å². The van der Waals surface area contributed by atoms with Crippen LogP contribution < -0.4 is 5.32 Å². The fourth-order valence-electron chi connectivity index (χ4n) is 0.667. The van der Waals surface area contributed by atoms with Gasteiger partial charge >= 0.3 is 12.0 Å². The summed E-state index contributed by atoms with van der Waals surface area (Å²) in [6.07, 6.45) is 0. The Labute approximate surface area is 77.7 Å². The summed E-state index contributed by atoms with van der Waals surface area (Å²) in [6, 6.07) is -0.380. The zero-order valence-electron chi connectivity index (χ0n) is 8.42. The van der Waals surface area contributed by atoms with E-state index in [1.54, 1.807) is 6.92 Å². The second-order valence-corrected chi connectivity index (χ2v) is 3.26. The van der Waals surface area contributed by atoms with Gasteiger partial charge in [-0.1, -0.05) is 0 Å². The van der Waals surface area contributed by atoms with Gasteiger partial charge in [-0.05, 0) is 20.8 Å². The maximum Gasteiger partial charge on any atom is 0.329 e. The van der Waals surface area contributed by atoms with Gasteiger partial charge in [0.1, 0.15) is 5.54 Å². The predicted octanol–water partition coefficient (Wildman–Crippen LogP) is 0.511. The van der Waals surface area contributed by atoms with Gasteiger partial charge in [0.05, 0.1) is 0 Å². The lowest BCUT2D eigenvalue weighted by Gasteiger charge is -2.31. The Morgan fingerprint density at radius 1 is 1.46 bits per heavy atom. The normalized spacial score (nSPS) is 10.8. The third-order valence-corrected chi connectivity index (χ3v) is 1.99. The monoisotopic (exact) mass is 188 g/mol. The van der Waals surface area contributed by atoms with E-state index in [1.807, 2.05) is 0 Å². The molecular formula is C8H16N2O3. The van der Waals surface area contributed by atoms with E-state index in [4.69, 9.17) is 5.11 Å². The topological polar surface area (TPSA) is 69.6 Å². The number of hydrogen-bond acceptors (Lipinski definition) is 2. The Morgan fingerprint density at radius 2 is 1.92 bits per heavy atom. The number of amides is 2. The first-order valence-electron chi connectivity index (χ1n) is 4.09. The zero-order chi connectivity index (χ0) is 10.6. The average Bonchev–Trinajstić information content (AvgIpc) is 2.03. The van der Waals surface area contributed by atoms with Gasteiger partial charge in [-0.15, -0.1) is 0 Å². The molecular weight excluding hydrogens is 172 g/mol. The Balaban J connectivity index is 4.48. The molecule has 0 atom stereocenters. The van der Waals surface area contributed by atoms with Crippen LogP contribution in [0, 0.1) is 0 Å². The lowest BCUT2D eigenvalue weighted by atomic mass is 10.1. The van der Waals surface area contributed by atoms with Gasteiger partial charge in [-0.2, -0.15) is 0 Å². The predicted molar refractivity (Wildman–Crippen MR) is 48.6 cm³/mol. The molecule has 0 saturated carbocycles. The first kappa shape index (κ1) is 11.7. The van der Waals surface area contributed by atoms with Crippen LogP contribution in [0.5, 0.6) is 0 Å². The molecule has 13 heavy (non-hydrogen) atoms. The van der Waals surface area contributed by atoms with Gasteiger partial charge in [0, 0.05) is 13.6 Å². The minimum Gasteiger partial charge on any atom is -0.480 e. The molecule has 0 aromatic heterocycles. The molecule has 0 saturated heterocycles. The number of rotatable bonds is 3. The number of nitrogens with zero attached hydrogens (tertiary/aromatic N) is 1. The van der Waals surface area contributed by atoms with E-state index in [0.29, 0.717) is 6.54 Å². The van der Waals surface area contributed by atoms with Crippen molar-refractivity contribution in [1.82, 2.24) is 10.2 Å². The number of nitrogens with one attached hydrogen (secondary N) is 1. The molecule has 0 radical (unpaired) electrons. The molecule has 0 spiro atoms. The number of carbonyl (C=O) groups is 2. The van der Waals surface area contributed by atoms with E-state index in [-0.39, 0.29) is 6.03 Å². The highest BCUT2D eigenvalue weighted by Gasteiger charge is 2.34. The summed E-state index contributed by atoms with van der Waals surface area (Å²) in [4.78, 5) is 23.2. The molecule has 5 heteroatoms. The molecule has 2 N–H and O–H groups in total. The van der Waals surface area contributed by atoms with Crippen molar-refractivity contribution >= 4 is 12.0 Å². The standard InChI is InChI=1S/C8H16N2O3/c1-5-9-7(13)10(4)8(2,3)6(11)12/h5H2,1-4H3,(H,9,13)(H,11,12). The zero-order valence-corrected chi connectivity index (χ0v) is 8.42. The minimum absolute atomic E-state index is 0.380. The Morgan fingerprint density at radius 3 is 2.23 bits per heavy atom. The number of carboxylic acids is 1. The fraction of sp³-hybridized carbons (Fsp3) is 0.750. The van der Waals surface area contributed by atoms with E-state index in [1.165, 1.54) is 25.8 Å². The van der Waals surface area contributed by atoms with E-state index in [2.05, 4.69) is 5.32 Å². The highest BCUT2D eigenvalue weighted by Crippen LogP contribution is 2.11. The van der Waals surface area contributed by atoms with Crippen LogP contribution in [-0.4, -0.2) is 41.1 Å². The quantitative estimate of drug-likeness (QED) is 0.678. The largest absolute Gasteiger partial charge is 0.480 e. The Hall–Kier alpha value is -1.26. The highest BCUT2D eigenvalue weighted by atomic mass is 16.4. The van der Waals surface area contributed by atoms with Crippen LogP contribution in [-0.2, 0) is 4.79 Å². The molecule has 0 aromatic carbocycles. The summed E-state index contributed by atoms with van der Waals surface area (Å²) >= 11 is 0. The van der Waals surface area contributed by atoms with Crippen LogP contribution >= 0.6 is 0 Å². The van der Waals surface area contributed by atoms with Gasteiger partial charge < -0.3 is 15.3 Å². The van der Waals surface area contributed by atoms with Gasteiger partial charge in [0.25, 0.3) is 0 Å². The van der Waals surface area contributed by atoms with Crippen LogP contribution in [0.15, 0.2) is 0 Å². The van der Waals surface area contributed by atoms with E-state index < -0.39 is 11.5 Å². The molecule has 0 aliphatic heterocycles. The molecule has 0 fully saturated rings. The molecule has 0 rings (SSSR count). The van der Waals surface area contributed by atoms with Crippen LogP contribution in [0.25, 0.3) is 0 Å². The van der Waals surface area contributed by atoms with Gasteiger partial charge in [-0.3, -0.25) is 0 Å². The summed E-state index contributed by atoms with van der Waals surface area (Å²) < 4.78 is 0. The van der Waals surface area contributed by atoms with E-state index in [9.17, 15) is 9.59 Å². The summed E-state index contributed by atoms with van der Waals surface area (Å²) in [6.45, 7) is 5.22. The number of carboxylic acid groups (broad SMARTS) is 1. The van der Waals surface area contributed by atoms with E-state index in [0.717, 1.165) is 0 Å². The third-order valence-electron chi connectivity index (χ3n) is 1.99. The smallest absolute Gasteiger partial charge is 0.329 e. The van der Waals surface area contributed by atoms with Crippen molar-refractivity contribution in [1.29, 1.82) is 0 Å². The Kier molecular flexibility index (Phi) is 3.71. The SMILES string of the molecule is CCNC(=O)N(C)C(C)(C)C(=O)O. The van der Waals surface area contributed by atoms with Crippen molar-refractivity contribution in [3.05, 3.63) is 0 Å². The van der Waals surface area contributed by atoms with Crippen molar-refractivity contribution in [2.45, 2.75) is 26.3 Å². The minimum atomic E-state index is -1.18. The first-order valence-corrected chi connectivity index (χ1v) is 4.09. The summed E-state index contributed by atoms with van der Waals surface area (Å²) in [5.74, 6) is -1.03. The molecule has 2 amide bonds. The molecule has 76 valence electrons. The first-order chi connectivity index (χ1) is 5.84. The van der Waals surface area contributed by atoms with Crippen LogP contribution in [0.3, 0.4) is 0 Å². The Bertz CT molecular complexity index is 213. The second kappa shape index (κ2) is 4.11. The number of likely N-dealkylation sites (N-methyl/N-ethyl adjacent to an activating group) is 1. The average molecular weight is 188 g/mol. The molecule has 5 nitrogen and oxygen atoms in total. The van der Waals surface area contributed by atoms with E-state index >= 15 is 0 Å². The number of aliphatic carboxylic acids is 1. The maximum atomic E-state index is 11.2. The van der Waals surface area contributed by atoms with Crippen LogP contribution in [0.4, 0.5) is 4.79 Å². The summed E-state index contributed by atoms with van der Waals surface area (Å²) in [5.41, 5.74) is -1.18. The molecule has 0 aliphatic carbocycles. The van der Waals surface area contributed by atoms with Crippen molar-refractivity contribution in [3.63, 3.8) is 0 Å². The number of carbonyl (C=O) groups excluding carboxylic acids is 1. The van der Waals surface area contributed by atoms with Crippen molar-refractivity contribution in [2.75, 3.05) is 13.6 Å². The van der Waals surface area contributed by atoms with Crippen molar-refractivity contribution < 1.29 is 14.7 Å². The second-order valence-electron chi connectivity index (χ2n) is 3.26.